The number of nitrogens with zero attached hydrogens (tertiary/aromatic N) is 2. The lowest BCUT2D eigenvalue weighted by molar-refractivity contribution is -0.173. The maximum atomic E-state index is 13.3. The van der Waals surface area contributed by atoms with Gasteiger partial charge in [0, 0.05) is 53.2 Å². The molecule has 2 fully saturated rings. The number of aromatic hydroxyl groups is 1. The zero-order valence-corrected chi connectivity index (χ0v) is 39.3. The zero-order chi connectivity index (χ0) is 51.2. The minimum atomic E-state index is -4.97. The molecule has 19 nitrogen and oxygen atoms in total. The number of benzene rings is 4. The predicted octanol–water partition coefficient (Wildman–Crippen LogP) is 6.20. The SMILES string of the molecule is C.C.CC(C)(C)OC(=O)NCCCBr.O=C1CCC(N2C(=O)c3cccc4cc(O)cc(c34)C2=O)C(=O)N1.O=C1CCC(N2C(=O)c3cccc4cc(OCCCNC(=O)C(F)(F)F)cc(c34)C2=O)C(=O)N1. The largest absolute Gasteiger partial charge is 0.508 e. The molecule has 4 aromatic carbocycles. The standard InChI is InChI=1S/C22H18F3N3O6.C17H12N2O5.C8H16BrNO2.2CH4/c23-22(24,25)21(33)26-7-2-8-34-12-9-11-3-1-4-13-17(11)14(10-12)20(32)28(19(13)31)15-5-6-16(29)27-18(15)30;20-9-6-8-2-1-3-10-14(8)11(7-9)17(24)19(16(10)23)12-4-5-13(21)18-15(12)22;1-8(2,3)12-7(11)10-6-4-5-9;;/h1,3-4,9-10,15H,2,5-8H2,(H,26,33)(H,27,29,30);1-3,6-7,12,20H,4-5H2,(H,18,21,22);4-6H2,1-3H3,(H,10,11);2*1H4. The molecule has 72 heavy (non-hydrogen) atoms. The van der Waals surface area contributed by atoms with Gasteiger partial charge >= 0.3 is 18.2 Å². The number of amides is 10. The van der Waals surface area contributed by atoms with Crippen LogP contribution in [0.15, 0.2) is 60.7 Å². The average Bonchev–Trinajstić information content (AvgIpc) is 3.28. The van der Waals surface area contributed by atoms with E-state index in [1.54, 1.807) is 41.7 Å². The van der Waals surface area contributed by atoms with E-state index in [1.807, 2.05) is 20.8 Å². The molecule has 4 heterocycles. The molecule has 386 valence electrons. The molecule has 10 amide bonds. The van der Waals surface area contributed by atoms with Gasteiger partial charge in [0.2, 0.25) is 23.6 Å². The van der Waals surface area contributed by atoms with E-state index >= 15 is 0 Å². The van der Waals surface area contributed by atoms with Gasteiger partial charge in [-0.05, 0) is 93.6 Å². The third-order valence-corrected chi connectivity index (χ3v) is 11.4. The molecule has 2 atom stereocenters. The number of carbonyl (C=O) groups excluding carboxylic acids is 10. The Hall–Kier alpha value is -7.43. The van der Waals surface area contributed by atoms with Gasteiger partial charge in [-0.2, -0.15) is 13.2 Å². The van der Waals surface area contributed by atoms with Crippen molar-refractivity contribution in [1.82, 2.24) is 31.1 Å². The van der Waals surface area contributed by atoms with Crippen LogP contribution in [0, 0.1) is 0 Å². The van der Waals surface area contributed by atoms with Crippen molar-refractivity contribution in [2.45, 2.75) is 98.0 Å². The number of imide groups is 4. The summed E-state index contributed by atoms with van der Waals surface area (Å²) >= 11 is 3.27. The van der Waals surface area contributed by atoms with Crippen molar-refractivity contribution >= 4 is 96.7 Å². The number of hydrogen-bond donors (Lipinski definition) is 5. The molecule has 23 heteroatoms. The highest BCUT2D eigenvalue weighted by molar-refractivity contribution is 9.09. The van der Waals surface area contributed by atoms with Gasteiger partial charge < -0.3 is 25.2 Å². The summed E-state index contributed by atoms with van der Waals surface area (Å²) < 4.78 is 47.3. The molecule has 0 radical (unpaired) electrons. The Bertz CT molecular complexity index is 2830. The van der Waals surface area contributed by atoms with Crippen LogP contribution in [0.4, 0.5) is 18.0 Å². The molecule has 4 aromatic rings. The second-order valence-corrected chi connectivity index (χ2v) is 17.9. The van der Waals surface area contributed by atoms with Gasteiger partial charge in [0.15, 0.2) is 0 Å². The molecule has 0 saturated carbocycles. The summed E-state index contributed by atoms with van der Waals surface area (Å²) in [5.74, 6) is -6.79. The lowest BCUT2D eigenvalue weighted by Gasteiger charge is -2.34. The van der Waals surface area contributed by atoms with Crippen molar-refractivity contribution in [2.24, 2.45) is 0 Å². The first kappa shape index (κ1) is 57.2. The van der Waals surface area contributed by atoms with Crippen molar-refractivity contribution in [3.05, 3.63) is 82.9 Å². The Morgan fingerprint density at radius 2 is 1.17 bits per heavy atom. The molecule has 2 saturated heterocycles. The summed E-state index contributed by atoms with van der Waals surface area (Å²) in [5.41, 5.74) is 0.408. The van der Waals surface area contributed by atoms with E-state index in [9.17, 15) is 66.2 Å². The van der Waals surface area contributed by atoms with Crippen molar-refractivity contribution < 1.29 is 75.7 Å². The first-order chi connectivity index (χ1) is 33.0. The van der Waals surface area contributed by atoms with Gasteiger partial charge in [0.25, 0.3) is 23.6 Å². The number of phenols is 1. The van der Waals surface area contributed by atoms with Gasteiger partial charge in [-0.25, -0.2) is 4.79 Å². The fourth-order valence-corrected chi connectivity index (χ4v) is 8.13. The number of alkyl carbamates (subject to hydrolysis) is 1. The fourth-order valence-electron chi connectivity index (χ4n) is 7.85. The molecule has 2 unspecified atom stereocenters. The smallest absolute Gasteiger partial charge is 0.471 e. The highest BCUT2D eigenvalue weighted by atomic mass is 79.9. The number of nitrogens with one attached hydrogen (secondary N) is 4. The van der Waals surface area contributed by atoms with Crippen LogP contribution in [0.1, 0.15) is 116 Å². The summed E-state index contributed by atoms with van der Waals surface area (Å²) in [5, 5.41) is 21.4. The number of halogens is 4. The predicted molar refractivity (Wildman–Crippen MR) is 258 cm³/mol. The minimum absolute atomic E-state index is 0. The van der Waals surface area contributed by atoms with Crippen LogP contribution >= 0.6 is 15.9 Å². The summed E-state index contributed by atoms with van der Waals surface area (Å²) in [6, 6.07) is 13.3. The van der Waals surface area contributed by atoms with Crippen LogP contribution in [0.25, 0.3) is 21.5 Å². The third-order valence-electron chi connectivity index (χ3n) is 10.9. The molecule has 0 bridgehead atoms. The first-order valence-electron chi connectivity index (χ1n) is 21.8. The molecule has 0 aromatic heterocycles. The summed E-state index contributed by atoms with van der Waals surface area (Å²) in [7, 11) is 0. The van der Waals surface area contributed by atoms with Crippen LogP contribution in [0.2, 0.25) is 0 Å². The average molecular weight is 1070 g/mol. The Labute approximate surface area is 419 Å². The quantitative estimate of drug-likeness (QED) is 0.0674. The van der Waals surface area contributed by atoms with Gasteiger partial charge in [0.05, 0.1) is 17.7 Å². The molecular weight excluding hydrogens is 1020 g/mol. The monoisotopic (exact) mass is 1070 g/mol. The second kappa shape index (κ2) is 23.7. The van der Waals surface area contributed by atoms with E-state index in [2.05, 4.69) is 31.9 Å². The van der Waals surface area contributed by atoms with Gasteiger partial charge in [0.1, 0.15) is 29.2 Å². The number of ether oxygens (including phenoxy) is 2. The van der Waals surface area contributed by atoms with Crippen LogP contribution in [-0.4, -0.2) is 123 Å². The summed E-state index contributed by atoms with van der Waals surface area (Å²) in [6.07, 6.45) is -4.18. The number of carbonyl (C=O) groups is 10. The molecule has 4 aliphatic heterocycles. The minimum Gasteiger partial charge on any atom is -0.508 e. The second-order valence-electron chi connectivity index (χ2n) is 17.1. The normalized spacial score (nSPS) is 17.3. The number of phenolic OH excluding ortho intramolecular Hbond substituents is 1. The highest BCUT2D eigenvalue weighted by Gasteiger charge is 2.44. The molecule has 4 aliphatic rings. The maximum absolute atomic E-state index is 13.3. The highest BCUT2D eigenvalue weighted by Crippen LogP contribution is 2.37. The number of piperidine rings is 2. The van der Waals surface area contributed by atoms with Gasteiger partial charge in [-0.15, -0.1) is 0 Å². The Kier molecular flexibility index (Phi) is 18.8. The molecule has 8 rings (SSSR count). The molecule has 5 N–H and O–H groups in total. The number of hydrogen-bond acceptors (Lipinski definition) is 13. The summed E-state index contributed by atoms with van der Waals surface area (Å²) in [6.45, 7) is 5.87. The lowest BCUT2D eigenvalue weighted by atomic mass is 9.91. The maximum Gasteiger partial charge on any atom is 0.471 e. The molecule has 0 aliphatic carbocycles. The Morgan fingerprint density at radius 3 is 1.64 bits per heavy atom. The molecule has 0 spiro atoms. The van der Waals surface area contributed by atoms with Crippen LogP contribution in [0.5, 0.6) is 11.5 Å². The Balaban J connectivity index is 0.000000258. The number of rotatable bonds is 10. The van der Waals surface area contributed by atoms with Gasteiger partial charge in [-0.3, -0.25) is 63.6 Å². The van der Waals surface area contributed by atoms with E-state index in [0.29, 0.717) is 33.7 Å². The van der Waals surface area contributed by atoms with E-state index < -0.39 is 77.0 Å². The topological polar surface area (TPSA) is 264 Å². The van der Waals surface area contributed by atoms with Crippen molar-refractivity contribution in [3.8, 4) is 11.5 Å². The van der Waals surface area contributed by atoms with E-state index in [-0.39, 0.29) is 94.4 Å². The third kappa shape index (κ3) is 13.1. The summed E-state index contributed by atoms with van der Waals surface area (Å²) in [4.78, 5) is 123. The van der Waals surface area contributed by atoms with Crippen LogP contribution in [0.3, 0.4) is 0 Å². The first-order valence-corrected chi connectivity index (χ1v) is 22.9. The fraction of sp³-hybridized carbons (Fsp3) is 0.388. The molecular formula is C49H54BrF3N6O13. The van der Waals surface area contributed by atoms with E-state index in [0.717, 1.165) is 21.6 Å². The lowest BCUT2D eigenvalue weighted by Crippen LogP contribution is -2.57. The van der Waals surface area contributed by atoms with E-state index in [1.165, 1.54) is 24.3 Å². The van der Waals surface area contributed by atoms with Crippen LogP contribution in [-0.2, 0) is 28.7 Å². The van der Waals surface area contributed by atoms with Gasteiger partial charge in [-0.1, -0.05) is 55.0 Å². The van der Waals surface area contributed by atoms with Crippen LogP contribution < -0.4 is 26.0 Å². The van der Waals surface area contributed by atoms with Crippen molar-refractivity contribution in [2.75, 3.05) is 25.0 Å². The van der Waals surface area contributed by atoms with Crippen molar-refractivity contribution in [3.63, 3.8) is 0 Å². The Morgan fingerprint density at radius 1 is 0.694 bits per heavy atom. The van der Waals surface area contributed by atoms with Crippen molar-refractivity contribution in [1.29, 1.82) is 0 Å². The zero-order valence-electron chi connectivity index (χ0n) is 37.8. The number of alkyl halides is 4. The van der Waals surface area contributed by atoms with E-state index in [4.69, 9.17) is 9.47 Å².